The molecule has 3 rings (SSSR count). The van der Waals surface area contributed by atoms with Crippen LogP contribution >= 0.6 is 43.5 Å². The Hall–Kier alpha value is -2.59. The molecule has 0 bridgehead atoms. The minimum absolute atomic E-state index is 0.0680. The Morgan fingerprint density at radius 1 is 1.11 bits per heavy atom. The van der Waals surface area contributed by atoms with Crippen molar-refractivity contribution in [3.63, 3.8) is 0 Å². The van der Waals surface area contributed by atoms with Crippen molar-refractivity contribution < 1.29 is 29.3 Å². The van der Waals surface area contributed by atoms with Crippen LogP contribution in [0.25, 0.3) is 0 Å². The first-order chi connectivity index (χ1) is 16.7. The van der Waals surface area contributed by atoms with E-state index in [1.165, 1.54) is 12.3 Å². The minimum atomic E-state index is -1.07. The van der Waals surface area contributed by atoms with Crippen molar-refractivity contribution in [2.24, 2.45) is 5.16 Å². The number of ether oxygens (including phenoxy) is 2. The average molecular weight is 628 g/mol. The SMILES string of the molecule is CCOC(=O)C(C)ON=Cc1cc(Br)c(Oc2ccc(O)c(C(O)c3ccc(Cl)cc3)c2)c(Br)c1. The number of oxime groups is 1. The molecule has 35 heavy (non-hydrogen) atoms. The van der Waals surface area contributed by atoms with Gasteiger partial charge in [-0.15, -0.1) is 0 Å². The summed E-state index contributed by atoms with van der Waals surface area (Å²) in [4.78, 5) is 16.7. The molecule has 2 unspecified atom stereocenters. The fraction of sp³-hybridized carbons (Fsp3) is 0.200. The van der Waals surface area contributed by atoms with E-state index in [0.717, 1.165) is 0 Å². The van der Waals surface area contributed by atoms with Crippen LogP contribution in [0, 0.1) is 0 Å². The number of esters is 1. The molecule has 7 nitrogen and oxygen atoms in total. The molecule has 2 atom stereocenters. The number of hydrogen-bond donors (Lipinski definition) is 2. The molecule has 0 heterocycles. The molecule has 0 aliphatic heterocycles. The maximum absolute atomic E-state index is 11.6. The Kier molecular flexibility index (Phi) is 9.56. The summed E-state index contributed by atoms with van der Waals surface area (Å²) in [5.41, 5.74) is 1.54. The van der Waals surface area contributed by atoms with Crippen LogP contribution < -0.4 is 4.74 Å². The zero-order valence-electron chi connectivity index (χ0n) is 18.7. The highest BCUT2D eigenvalue weighted by Crippen LogP contribution is 2.40. The number of benzene rings is 3. The summed E-state index contributed by atoms with van der Waals surface area (Å²) >= 11 is 12.9. The van der Waals surface area contributed by atoms with E-state index in [2.05, 4.69) is 37.0 Å². The largest absolute Gasteiger partial charge is 0.508 e. The molecule has 2 N–H and O–H groups in total. The number of nitrogens with zero attached hydrogens (tertiary/aromatic N) is 1. The number of rotatable bonds is 9. The average Bonchev–Trinajstić information content (AvgIpc) is 2.82. The Morgan fingerprint density at radius 3 is 2.40 bits per heavy atom. The highest BCUT2D eigenvalue weighted by Gasteiger charge is 2.18. The summed E-state index contributed by atoms with van der Waals surface area (Å²) in [6.45, 7) is 3.53. The Bertz CT molecular complexity index is 1200. The fourth-order valence-electron chi connectivity index (χ4n) is 2.99. The lowest BCUT2D eigenvalue weighted by Gasteiger charge is -2.16. The first-order valence-corrected chi connectivity index (χ1v) is 12.4. The van der Waals surface area contributed by atoms with Gasteiger partial charge >= 0.3 is 5.97 Å². The number of carbonyl (C=O) groups is 1. The maximum atomic E-state index is 11.6. The smallest absolute Gasteiger partial charge is 0.349 e. The van der Waals surface area contributed by atoms with Crippen molar-refractivity contribution in [1.82, 2.24) is 0 Å². The highest BCUT2D eigenvalue weighted by molar-refractivity contribution is 9.11. The van der Waals surface area contributed by atoms with Gasteiger partial charge in [0.15, 0.2) is 5.75 Å². The van der Waals surface area contributed by atoms with Crippen LogP contribution in [-0.4, -0.2) is 35.1 Å². The van der Waals surface area contributed by atoms with Gasteiger partial charge in [0, 0.05) is 10.6 Å². The standard InChI is InChI=1S/C25H22Br2ClNO6/c1-3-33-25(32)14(2)35-29-13-15-10-20(26)24(21(27)11-15)34-18-8-9-22(30)19(12-18)23(31)16-4-6-17(28)7-5-16/h4-14,23,30-31H,3H2,1-2H3. The molecule has 0 spiro atoms. The van der Waals surface area contributed by atoms with E-state index >= 15 is 0 Å². The van der Waals surface area contributed by atoms with Crippen molar-refractivity contribution in [1.29, 1.82) is 0 Å². The molecule has 0 radical (unpaired) electrons. The van der Waals surface area contributed by atoms with Gasteiger partial charge in [-0.3, -0.25) is 0 Å². The highest BCUT2D eigenvalue weighted by atomic mass is 79.9. The molecule has 0 saturated heterocycles. The van der Waals surface area contributed by atoms with Crippen LogP contribution in [0.4, 0.5) is 0 Å². The topological polar surface area (TPSA) is 97.6 Å². The third kappa shape index (κ3) is 7.20. The van der Waals surface area contributed by atoms with Gasteiger partial charge in [-0.05, 0) is 99.3 Å². The first kappa shape index (κ1) is 27.0. The Labute approximate surface area is 224 Å². The molecule has 0 aromatic heterocycles. The molecule has 0 saturated carbocycles. The van der Waals surface area contributed by atoms with E-state index in [1.807, 2.05) is 0 Å². The van der Waals surface area contributed by atoms with Gasteiger partial charge in [-0.2, -0.15) is 0 Å². The van der Waals surface area contributed by atoms with Crippen LogP contribution in [-0.2, 0) is 14.4 Å². The maximum Gasteiger partial charge on any atom is 0.349 e. The number of phenols is 1. The van der Waals surface area contributed by atoms with Gasteiger partial charge in [0.1, 0.15) is 17.6 Å². The van der Waals surface area contributed by atoms with E-state index < -0.39 is 18.2 Å². The molecule has 0 aliphatic rings. The molecule has 3 aromatic rings. The van der Waals surface area contributed by atoms with E-state index in [1.54, 1.807) is 62.4 Å². The van der Waals surface area contributed by atoms with Gasteiger partial charge < -0.3 is 24.5 Å². The second-order valence-electron chi connectivity index (χ2n) is 7.32. The normalized spacial score (nSPS) is 12.9. The van der Waals surface area contributed by atoms with Gasteiger partial charge in [-0.25, -0.2) is 4.79 Å². The quantitative estimate of drug-likeness (QED) is 0.155. The molecule has 0 aliphatic carbocycles. The van der Waals surface area contributed by atoms with E-state index in [9.17, 15) is 15.0 Å². The number of halogens is 3. The molecule has 0 amide bonds. The lowest BCUT2D eigenvalue weighted by molar-refractivity contribution is -0.155. The predicted octanol–water partition coefficient (Wildman–Crippen LogP) is 6.75. The Balaban J connectivity index is 1.77. The van der Waals surface area contributed by atoms with Crippen molar-refractivity contribution in [3.8, 4) is 17.2 Å². The molecule has 3 aromatic carbocycles. The number of aromatic hydroxyl groups is 1. The van der Waals surface area contributed by atoms with Gasteiger partial charge in [-0.1, -0.05) is 28.9 Å². The van der Waals surface area contributed by atoms with E-state index in [0.29, 0.717) is 36.6 Å². The minimum Gasteiger partial charge on any atom is -0.508 e. The lowest BCUT2D eigenvalue weighted by atomic mass is 10.0. The van der Waals surface area contributed by atoms with Gasteiger partial charge in [0.2, 0.25) is 6.10 Å². The van der Waals surface area contributed by atoms with Crippen LogP contribution in [0.2, 0.25) is 5.02 Å². The van der Waals surface area contributed by atoms with Crippen LogP contribution in [0.1, 0.15) is 36.6 Å². The Morgan fingerprint density at radius 2 is 1.77 bits per heavy atom. The number of phenolic OH excluding ortho intramolecular Hbond substituents is 1. The van der Waals surface area contributed by atoms with Crippen molar-refractivity contribution in [2.45, 2.75) is 26.1 Å². The predicted molar refractivity (Wildman–Crippen MR) is 140 cm³/mol. The van der Waals surface area contributed by atoms with Crippen molar-refractivity contribution in [3.05, 3.63) is 85.3 Å². The first-order valence-electron chi connectivity index (χ1n) is 10.5. The summed E-state index contributed by atoms with van der Waals surface area (Å²) in [6.07, 6.45) is -0.443. The fourth-order valence-corrected chi connectivity index (χ4v) is 4.50. The lowest BCUT2D eigenvalue weighted by Crippen LogP contribution is -2.21. The number of hydrogen-bond acceptors (Lipinski definition) is 7. The molecule has 10 heteroatoms. The summed E-state index contributed by atoms with van der Waals surface area (Å²) in [7, 11) is 0. The van der Waals surface area contributed by atoms with Crippen LogP contribution in [0.5, 0.6) is 17.2 Å². The molecule has 184 valence electrons. The van der Waals surface area contributed by atoms with Crippen molar-refractivity contribution in [2.75, 3.05) is 6.61 Å². The summed E-state index contributed by atoms with van der Waals surface area (Å²) in [5.74, 6) is 0.313. The zero-order chi connectivity index (χ0) is 25.5. The number of aliphatic hydroxyl groups is 1. The third-order valence-corrected chi connectivity index (χ3v) is 6.19. The second kappa shape index (κ2) is 12.4. The van der Waals surface area contributed by atoms with Gasteiger partial charge in [0.25, 0.3) is 0 Å². The molecule has 0 fully saturated rings. The van der Waals surface area contributed by atoms with E-state index in [-0.39, 0.29) is 17.9 Å². The summed E-state index contributed by atoms with van der Waals surface area (Å²) < 4.78 is 12.1. The van der Waals surface area contributed by atoms with Gasteiger partial charge in [0.05, 0.1) is 21.8 Å². The number of aliphatic hydroxyl groups excluding tert-OH is 1. The van der Waals surface area contributed by atoms with E-state index in [4.69, 9.17) is 25.9 Å². The molecular formula is C25H22Br2ClNO6. The summed E-state index contributed by atoms with van der Waals surface area (Å²) in [6, 6.07) is 14.8. The summed E-state index contributed by atoms with van der Waals surface area (Å²) in [5, 5.41) is 25.4. The molecular weight excluding hydrogens is 606 g/mol. The van der Waals surface area contributed by atoms with Crippen LogP contribution in [0.3, 0.4) is 0 Å². The monoisotopic (exact) mass is 625 g/mol. The zero-order valence-corrected chi connectivity index (χ0v) is 22.7. The third-order valence-electron chi connectivity index (χ3n) is 4.76. The van der Waals surface area contributed by atoms with Crippen molar-refractivity contribution >= 4 is 55.6 Å². The number of carbonyl (C=O) groups excluding carboxylic acids is 1. The van der Waals surface area contributed by atoms with Crippen LogP contribution in [0.15, 0.2) is 68.7 Å². The second-order valence-corrected chi connectivity index (χ2v) is 9.47.